The lowest BCUT2D eigenvalue weighted by molar-refractivity contribution is 0.0523. The zero-order chi connectivity index (χ0) is 13.7. The number of para-hydroxylation sites is 1. The summed E-state index contributed by atoms with van der Waals surface area (Å²) >= 11 is 0. The Bertz CT molecular complexity index is 567. The van der Waals surface area contributed by atoms with E-state index in [1.54, 1.807) is 32.5 Å². The maximum atomic E-state index is 11.9. The van der Waals surface area contributed by atoms with E-state index in [-0.39, 0.29) is 5.97 Å². The average molecular weight is 257 g/mol. The monoisotopic (exact) mass is 257 g/mol. The number of methoxy groups -OCH3 is 1. The lowest BCUT2D eigenvalue weighted by Gasteiger charge is -2.12. The molecule has 0 saturated carbocycles. The molecule has 0 aliphatic rings. The standard InChI is InChI=1S/C15H15NO3/c1-3-19-15(17)13-6-4-5-12(14(13)18-2)11-7-9-16-10-8-11/h4-10H,3H2,1-2H3. The number of pyridine rings is 1. The van der Waals surface area contributed by atoms with Gasteiger partial charge in [-0.3, -0.25) is 4.98 Å². The Labute approximate surface area is 112 Å². The minimum atomic E-state index is -0.379. The molecule has 4 nitrogen and oxygen atoms in total. The molecule has 0 radical (unpaired) electrons. The van der Waals surface area contributed by atoms with Gasteiger partial charge in [0.15, 0.2) is 0 Å². The van der Waals surface area contributed by atoms with Gasteiger partial charge in [0.2, 0.25) is 0 Å². The van der Waals surface area contributed by atoms with Gasteiger partial charge in [0.1, 0.15) is 11.3 Å². The smallest absolute Gasteiger partial charge is 0.341 e. The molecule has 2 aromatic rings. The molecule has 0 fully saturated rings. The highest BCUT2D eigenvalue weighted by atomic mass is 16.5. The summed E-state index contributed by atoms with van der Waals surface area (Å²) in [5.41, 5.74) is 2.21. The molecule has 0 spiro atoms. The second-order valence-electron chi connectivity index (χ2n) is 3.84. The van der Waals surface area contributed by atoms with Crippen molar-refractivity contribution in [3.05, 3.63) is 48.3 Å². The minimum absolute atomic E-state index is 0.335. The van der Waals surface area contributed by atoms with Crippen LogP contribution in [0.15, 0.2) is 42.7 Å². The van der Waals surface area contributed by atoms with Crippen LogP contribution in [0, 0.1) is 0 Å². The highest BCUT2D eigenvalue weighted by Gasteiger charge is 2.17. The molecule has 4 heteroatoms. The summed E-state index contributed by atoms with van der Waals surface area (Å²) in [6.45, 7) is 2.11. The topological polar surface area (TPSA) is 48.4 Å². The molecular formula is C15H15NO3. The number of esters is 1. The third kappa shape index (κ3) is 2.73. The van der Waals surface area contributed by atoms with Gasteiger partial charge in [-0.2, -0.15) is 0 Å². The third-order valence-electron chi connectivity index (χ3n) is 2.71. The minimum Gasteiger partial charge on any atom is -0.495 e. The Balaban J connectivity index is 2.51. The van der Waals surface area contributed by atoms with Crippen LogP contribution in [0.5, 0.6) is 5.75 Å². The molecule has 1 aromatic heterocycles. The Morgan fingerprint density at radius 1 is 1.21 bits per heavy atom. The number of benzene rings is 1. The van der Waals surface area contributed by atoms with Crippen molar-refractivity contribution in [2.24, 2.45) is 0 Å². The van der Waals surface area contributed by atoms with E-state index in [0.717, 1.165) is 11.1 Å². The molecule has 0 aliphatic heterocycles. The first-order valence-electron chi connectivity index (χ1n) is 6.02. The van der Waals surface area contributed by atoms with Crippen molar-refractivity contribution in [2.45, 2.75) is 6.92 Å². The molecule has 0 N–H and O–H groups in total. The van der Waals surface area contributed by atoms with Crippen LogP contribution in [0.25, 0.3) is 11.1 Å². The van der Waals surface area contributed by atoms with Gasteiger partial charge in [0.05, 0.1) is 13.7 Å². The predicted octanol–water partition coefficient (Wildman–Crippen LogP) is 2.93. The number of nitrogens with zero attached hydrogens (tertiary/aromatic N) is 1. The van der Waals surface area contributed by atoms with Crippen molar-refractivity contribution >= 4 is 5.97 Å². The number of aromatic nitrogens is 1. The normalized spacial score (nSPS) is 10.0. The molecule has 0 bridgehead atoms. The van der Waals surface area contributed by atoms with Gasteiger partial charge in [-0.15, -0.1) is 0 Å². The molecule has 98 valence electrons. The largest absolute Gasteiger partial charge is 0.495 e. The molecule has 0 saturated heterocycles. The molecular weight excluding hydrogens is 242 g/mol. The average Bonchev–Trinajstić information content (AvgIpc) is 2.47. The summed E-state index contributed by atoms with van der Waals surface area (Å²) in [4.78, 5) is 15.9. The quantitative estimate of drug-likeness (QED) is 0.790. The van der Waals surface area contributed by atoms with E-state index >= 15 is 0 Å². The van der Waals surface area contributed by atoms with Gasteiger partial charge < -0.3 is 9.47 Å². The fourth-order valence-electron chi connectivity index (χ4n) is 1.89. The molecule has 1 aromatic carbocycles. The second-order valence-corrected chi connectivity index (χ2v) is 3.84. The first kappa shape index (κ1) is 13.1. The van der Waals surface area contributed by atoms with Crippen LogP contribution in [0.2, 0.25) is 0 Å². The van der Waals surface area contributed by atoms with Crippen LogP contribution in [0.3, 0.4) is 0 Å². The van der Waals surface area contributed by atoms with E-state index in [2.05, 4.69) is 4.98 Å². The summed E-state index contributed by atoms with van der Waals surface area (Å²) in [5.74, 6) is 0.141. The van der Waals surface area contributed by atoms with Gasteiger partial charge >= 0.3 is 5.97 Å². The number of hydrogen-bond donors (Lipinski definition) is 0. The number of rotatable bonds is 4. The van der Waals surface area contributed by atoms with Crippen molar-refractivity contribution in [1.29, 1.82) is 0 Å². The van der Waals surface area contributed by atoms with Crippen LogP contribution >= 0.6 is 0 Å². The van der Waals surface area contributed by atoms with Gasteiger partial charge in [-0.1, -0.05) is 12.1 Å². The molecule has 0 unspecified atom stereocenters. The number of ether oxygens (including phenoxy) is 2. The number of carbonyl (C=O) groups is 1. The van der Waals surface area contributed by atoms with Crippen LogP contribution in [0.1, 0.15) is 17.3 Å². The highest BCUT2D eigenvalue weighted by Crippen LogP contribution is 2.33. The van der Waals surface area contributed by atoms with Gasteiger partial charge in [0, 0.05) is 18.0 Å². The van der Waals surface area contributed by atoms with Crippen molar-refractivity contribution in [1.82, 2.24) is 4.98 Å². The maximum absolute atomic E-state index is 11.9. The predicted molar refractivity (Wildman–Crippen MR) is 72.2 cm³/mol. The van der Waals surface area contributed by atoms with Gasteiger partial charge in [-0.05, 0) is 30.7 Å². The summed E-state index contributed by atoms with van der Waals surface area (Å²) in [7, 11) is 1.54. The molecule has 0 amide bonds. The molecule has 1 heterocycles. The lowest BCUT2D eigenvalue weighted by atomic mass is 10.0. The highest BCUT2D eigenvalue weighted by molar-refractivity contribution is 5.95. The molecule has 0 atom stereocenters. The Morgan fingerprint density at radius 3 is 2.58 bits per heavy atom. The third-order valence-corrected chi connectivity index (χ3v) is 2.71. The summed E-state index contributed by atoms with van der Waals surface area (Å²) < 4.78 is 10.4. The zero-order valence-electron chi connectivity index (χ0n) is 10.9. The molecule has 19 heavy (non-hydrogen) atoms. The lowest BCUT2D eigenvalue weighted by Crippen LogP contribution is -2.07. The zero-order valence-corrected chi connectivity index (χ0v) is 10.9. The van der Waals surface area contributed by atoms with Crippen LogP contribution in [-0.2, 0) is 4.74 Å². The van der Waals surface area contributed by atoms with Crippen LogP contribution in [0.4, 0.5) is 0 Å². The van der Waals surface area contributed by atoms with Gasteiger partial charge in [-0.25, -0.2) is 4.79 Å². The van der Waals surface area contributed by atoms with E-state index in [9.17, 15) is 4.79 Å². The molecule has 2 rings (SSSR count). The van der Waals surface area contributed by atoms with Crippen molar-refractivity contribution < 1.29 is 14.3 Å². The van der Waals surface area contributed by atoms with Crippen molar-refractivity contribution in [3.63, 3.8) is 0 Å². The van der Waals surface area contributed by atoms with E-state index in [1.165, 1.54) is 0 Å². The van der Waals surface area contributed by atoms with E-state index in [0.29, 0.717) is 17.9 Å². The fraction of sp³-hybridized carbons (Fsp3) is 0.200. The SMILES string of the molecule is CCOC(=O)c1cccc(-c2ccncc2)c1OC. The van der Waals surface area contributed by atoms with Crippen molar-refractivity contribution in [2.75, 3.05) is 13.7 Å². The number of carbonyl (C=O) groups excluding carboxylic acids is 1. The Hall–Kier alpha value is -2.36. The Kier molecular flexibility index (Phi) is 4.13. The van der Waals surface area contributed by atoms with Crippen LogP contribution < -0.4 is 4.74 Å². The van der Waals surface area contributed by atoms with E-state index in [1.807, 2.05) is 24.3 Å². The summed E-state index contributed by atoms with van der Waals surface area (Å²) in [6, 6.07) is 9.14. The first-order valence-corrected chi connectivity index (χ1v) is 6.02. The summed E-state index contributed by atoms with van der Waals surface area (Å²) in [6.07, 6.45) is 3.40. The number of hydrogen-bond acceptors (Lipinski definition) is 4. The van der Waals surface area contributed by atoms with E-state index in [4.69, 9.17) is 9.47 Å². The first-order chi connectivity index (χ1) is 9.27. The fourth-order valence-corrected chi connectivity index (χ4v) is 1.89. The summed E-state index contributed by atoms with van der Waals surface area (Å²) in [5, 5.41) is 0. The second kappa shape index (κ2) is 6.00. The molecule has 0 aliphatic carbocycles. The van der Waals surface area contributed by atoms with Crippen LogP contribution in [-0.4, -0.2) is 24.7 Å². The van der Waals surface area contributed by atoms with E-state index < -0.39 is 0 Å². The van der Waals surface area contributed by atoms with Gasteiger partial charge in [0.25, 0.3) is 0 Å². The maximum Gasteiger partial charge on any atom is 0.341 e. The van der Waals surface area contributed by atoms with Crippen molar-refractivity contribution in [3.8, 4) is 16.9 Å². The Morgan fingerprint density at radius 2 is 1.95 bits per heavy atom.